The summed E-state index contributed by atoms with van der Waals surface area (Å²) in [6.07, 6.45) is 7.90. The van der Waals surface area contributed by atoms with Gasteiger partial charge in [-0.3, -0.25) is 19.9 Å². The summed E-state index contributed by atoms with van der Waals surface area (Å²) in [5.74, 6) is 0.0515. The number of aromatic nitrogens is 7. The van der Waals surface area contributed by atoms with E-state index >= 15 is 0 Å². The Morgan fingerprint density at radius 1 is 0.955 bits per heavy atom. The first kappa shape index (κ1) is 29.0. The lowest BCUT2D eigenvalue weighted by molar-refractivity contribution is -0.116. The van der Waals surface area contributed by atoms with Gasteiger partial charge >= 0.3 is 0 Å². The van der Waals surface area contributed by atoms with E-state index in [4.69, 9.17) is 9.97 Å². The van der Waals surface area contributed by atoms with E-state index < -0.39 is 15.8 Å². The second-order valence-electron chi connectivity index (χ2n) is 10.9. The zero-order valence-corrected chi connectivity index (χ0v) is 24.8. The van der Waals surface area contributed by atoms with Crippen LogP contribution in [0.2, 0.25) is 0 Å². The molecule has 0 unspecified atom stereocenters. The fourth-order valence-electron chi connectivity index (χ4n) is 4.83. The SMILES string of the molecule is CC(C)CC(=O)Nc1cncc(-c2ccc3[nH]nc(-c4nc5c(-c6cc(F)cc(CNS(C)(=O)=O)c6)cncc5[nH]4)c3n2)c1. The summed E-state index contributed by atoms with van der Waals surface area (Å²) in [6.45, 7) is 3.90. The Morgan fingerprint density at radius 3 is 2.57 bits per heavy atom. The molecule has 1 amide bonds. The molecule has 0 bridgehead atoms. The molecule has 0 saturated heterocycles. The lowest BCUT2D eigenvalue weighted by Gasteiger charge is -2.08. The van der Waals surface area contributed by atoms with Crippen molar-refractivity contribution in [3.05, 3.63) is 72.6 Å². The average molecular weight is 614 g/mol. The number of amides is 1. The molecule has 0 saturated carbocycles. The molecule has 1 aromatic carbocycles. The number of nitrogens with zero attached hydrogens (tertiary/aromatic N) is 5. The minimum atomic E-state index is -3.46. The molecule has 0 fully saturated rings. The number of sulfonamides is 1. The Hall–Kier alpha value is -5.08. The highest BCUT2D eigenvalue weighted by atomic mass is 32.2. The molecular formula is C30H28FN9O3S. The molecule has 224 valence electrons. The number of carbonyl (C=O) groups excluding carboxylic acids is 1. The number of aromatic amines is 2. The van der Waals surface area contributed by atoms with Crippen molar-refractivity contribution in [1.29, 1.82) is 0 Å². The van der Waals surface area contributed by atoms with E-state index in [0.717, 1.165) is 6.26 Å². The average Bonchev–Trinajstić information content (AvgIpc) is 3.59. The third kappa shape index (κ3) is 6.31. The third-order valence-corrected chi connectivity index (χ3v) is 7.41. The number of hydrogen-bond acceptors (Lipinski definition) is 8. The molecule has 5 aromatic heterocycles. The molecule has 0 spiro atoms. The van der Waals surface area contributed by atoms with Crippen LogP contribution in [-0.4, -0.2) is 55.7 Å². The topological polar surface area (TPSA) is 171 Å². The predicted octanol–water partition coefficient (Wildman–Crippen LogP) is 4.80. The van der Waals surface area contributed by atoms with Crippen LogP contribution in [0.3, 0.4) is 0 Å². The zero-order chi connectivity index (χ0) is 31.0. The van der Waals surface area contributed by atoms with Crippen molar-refractivity contribution in [2.24, 2.45) is 5.92 Å². The van der Waals surface area contributed by atoms with Gasteiger partial charge in [0.2, 0.25) is 15.9 Å². The molecule has 12 nitrogen and oxygen atoms in total. The summed E-state index contributed by atoms with van der Waals surface area (Å²) in [5, 5.41) is 10.3. The Labute approximate surface area is 251 Å². The number of rotatable bonds is 9. The van der Waals surface area contributed by atoms with Crippen LogP contribution in [0.1, 0.15) is 25.8 Å². The van der Waals surface area contributed by atoms with Gasteiger partial charge in [-0.15, -0.1) is 0 Å². The van der Waals surface area contributed by atoms with Crippen molar-refractivity contribution in [1.82, 2.24) is 39.8 Å². The number of pyridine rings is 3. The van der Waals surface area contributed by atoms with Gasteiger partial charge in [0.1, 0.15) is 11.3 Å². The van der Waals surface area contributed by atoms with E-state index in [9.17, 15) is 17.6 Å². The van der Waals surface area contributed by atoms with E-state index in [1.54, 1.807) is 30.9 Å². The maximum Gasteiger partial charge on any atom is 0.224 e. The normalized spacial score (nSPS) is 11.9. The quantitative estimate of drug-likeness (QED) is 0.180. The molecule has 0 radical (unpaired) electrons. The van der Waals surface area contributed by atoms with Crippen LogP contribution < -0.4 is 10.0 Å². The molecule has 6 rings (SSSR count). The predicted molar refractivity (Wildman–Crippen MR) is 165 cm³/mol. The van der Waals surface area contributed by atoms with Crippen molar-refractivity contribution >= 4 is 43.7 Å². The van der Waals surface area contributed by atoms with Gasteiger partial charge in [0.25, 0.3) is 0 Å². The highest BCUT2D eigenvalue weighted by Crippen LogP contribution is 2.32. The first-order chi connectivity index (χ1) is 21.0. The molecule has 0 aliphatic heterocycles. The number of carbonyl (C=O) groups is 1. The van der Waals surface area contributed by atoms with E-state index in [1.165, 1.54) is 12.1 Å². The van der Waals surface area contributed by atoms with Crippen LogP contribution in [0.5, 0.6) is 0 Å². The largest absolute Gasteiger partial charge is 0.335 e. The highest BCUT2D eigenvalue weighted by molar-refractivity contribution is 7.88. The standard InChI is InChI=1S/C30H28FN9O3S/c1-16(2)6-26(41)35-21-10-19(12-32-13-21)23-4-5-24-28(36-23)29(40-39-24)30-37-25-15-33-14-22(27(25)38-30)18-7-17(8-20(31)9-18)11-34-44(3,42)43/h4-5,7-10,12-16,34H,6,11H2,1-3H3,(H,35,41)(H,37,38)(H,39,40). The van der Waals surface area contributed by atoms with Gasteiger partial charge in [-0.25, -0.2) is 27.5 Å². The minimum absolute atomic E-state index is 0.0607. The van der Waals surface area contributed by atoms with Crippen molar-refractivity contribution < 1.29 is 17.6 Å². The third-order valence-electron chi connectivity index (χ3n) is 6.74. The van der Waals surface area contributed by atoms with Gasteiger partial charge in [-0.1, -0.05) is 13.8 Å². The summed E-state index contributed by atoms with van der Waals surface area (Å²) in [5.41, 5.74) is 6.26. The van der Waals surface area contributed by atoms with Crippen molar-refractivity contribution in [2.45, 2.75) is 26.8 Å². The summed E-state index contributed by atoms with van der Waals surface area (Å²) in [4.78, 5) is 33.7. The second kappa shape index (κ2) is 11.5. The zero-order valence-electron chi connectivity index (χ0n) is 24.0. The van der Waals surface area contributed by atoms with Gasteiger partial charge in [0.15, 0.2) is 11.5 Å². The number of H-pyrrole nitrogens is 2. The van der Waals surface area contributed by atoms with Crippen LogP contribution in [-0.2, 0) is 21.4 Å². The summed E-state index contributed by atoms with van der Waals surface area (Å²) < 4.78 is 40.1. The van der Waals surface area contributed by atoms with Gasteiger partial charge in [-0.05, 0) is 53.4 Å². The molecule has 14 heteroatoms. The van der Waals surface area contributed by atoms with E-state index in [1.807, 2.05) is 32.0 Å². The molecule has 5 heterocycles. The van der Waals surface area contributed by atoms with Gasteiger partial charge < -0.3 is 10.3 Å². The lowest BCUT2D eigenvalue weighted by Crippen LogP contribution is -2.21. The lowest BCUT2D eigenvalue weighted by atomic mass is 10.0. The summed E-state index contributed by atoms with van der Waals surface area (Å²) >= 11 is 0. The van der Waals surface area contributed by atoms with Crippen LogP contribution >= 0.6 is 0 Å². The number of fused-ring (bicyclic) bond motifs is 2. The monoisotopic (exact) mass is 613 g/mol. The number of benzene rings is 1. The molecule has 0 aliphatic rings. The van der Waals surface area contributed by atoms with Crippen LogP contribution in [0, 0.1) is 11.7 Å². The first-order valence-corrected chi connectivity index (χ1v) is 15.6. The number of anilines is 1. The van der Waals surface area contributed by atoms with E-state index in [0.29, 0.717) is 73.6 Å². The maximum absolute atomic E-state index is 14.6. The Balaban J connectivity index is 1.36. The second-order valence-corrected chi connectivity index (χ2v) is 12.7. The Bertz CT molecular complexity index is 2140. The molecule has 4 N–H and O–H groups in total. The molecule has 6 aromatic rings. The fourth-order valence-corrected chi connectivity index (χ4v) is 5.26. The molecule has 0 aliphatic carbocycles. The molecule has 0 atom stereocenters. The maximum atomic E-state index is 14.6. The highest BCUT2D eigenvalue weighted by Gasteiger charge is 2.18. The first-order valence-electron chi connectivity index (χ1n) is 13.7. The minimum Gasteiger partial charge on any atom is -0.335 e. The molecule has 44 heavy (non-hydrogen) atoms. The van der Waals surface area contributed by atoms with E-state index in [2.05, 4.69) is 35.2 Å². The fraction of sp³-hybridized carbons (Fsp3) is 0.200. The van der Waals surface area contributed by atoms with Crippen LogP contribution in [0.4, 0.5) is 10.1 Å². The Kier molecular flexibility index (Phi) is 7.61. The van der Waals surface area contributed by atoms with Crippen LogP contribution in [0.25, 0.3) is 56.0 Å². The van der Waals surface area contributed by atoms with Crippen molar-refractivity contribution in [3.63, 3.8) is 0 Å². The van der Waals surface area contributed by atoms with E-state index in [-0.39, 0.29) is 18.4 Å². The number of halogens is 1. The van der Waals surface area contributed by atoms with Crippen molar-refractivity contribution in [3.8, 4) is 33.9 Å². The summed E-state index contributed by atoms with van der Waals surface area (Å²) in [7, 11) is -3.46. The smallest absolute Gasteiger partial charge is 0.224 e. The number of hydrogen-bond donors (Lipinski definition) is 4. The molecular weight excluding hydrogens is 585 g/mol. The van der Waals surface area contributed by atoms with Crippen LogP contribution in [0.15, 0.2) is 61.2 Å². The number of nitrogens with one attached hydrogen (secondary N) is 4. The number of imidazole rings is 1. The summed E-state index contributed by atoms with van der Waals surface area (Å²) in [6, 6.07) is 9.82. The van der Waals surface area contributed by atoms with Gasteiger partial charge in [0, 0.05) is 36.5 Å². The van der Waals surface area contributed by atoms with Gasteiger partial charge in [0.05, 0.1) is 46.6 Å². The van der Waals surface area contributed by atoms with Gasteiger partial charge in [-0.2, -0.15) is 5.10 Å². The Morgan fingerprint density at radius 2 is 1.77 bits per heavy atom. The van der Waals surface area contributed by atoms with Crippen molar-refractivity contribution in [2.75, 3.05) is 11.6 Å².